The highest BCUT2D eigenvalue weighted by Gasteiger charge is 2.21. The van der Waals surface area contributed by atoms with E-state index in [1.165, 1.54) is 32.9 Å². The van der Waals surface area contributed by atoms with Crippen LogP contribution in [0, 0.1) is 0 Å². The maximum atomic E-state index is 6.56. The van der Waals surface area contributed by atoms with Crippen LogP contribution in [-0.4, -0.2) is 19.5 Å². The van der Waals surface area contributed by atoms with E-state index < -0.39 is 0 Å². The van der Waals surface area contributed by atoms with Gasteiger partial charge in [-0.2, -0.15) is 0 Å². The summed E-state index contributed by atoms with van der Waals surface area (Å²) in [6, 6.07) is 80.6. The Labute approximate surface area is 396 Å². The van der Waals surface area contributed by atoms with Crippen LogP contribution in [-0.2, 0) is 0 Å². The van der Waals surface area contributed by atoms with Gasteiger partial charge in [0.2, 0.25) is 0 Å². The third-order valence-electron chi connectivity index (χ3n) is 13.5. The van der Waals surface area contributed by atoms with Crippen molar-refractivity contribution < 1.29 is 8.83 Å². The molecule has 0 saturated carbocycles. The first-order chi connectivity index (χ1) is 34.2. The van der Waals surface area contributed by atoms with Crippen LogP contribution in [0.5, 0.6) is 0 Å². The maximum absolute atomic E-state index is 6.56. The summed E-state index contributed by atoms with van der Waals surface area (Å²) in [5.41, 5.74) is 16.0. The molecule has 4 aromatic heterocycles. The van der Waals surface area contributed by atoms with Gasteiger partial charge in [-0.15, -0.1) is 0 Å². The average Bonchev–Trinajstić information content (AvgIpc) is 4.11. The Balaban J connectivity index is 0.860. The molecule has 4 heterocycles. The highest BCUT2D eigenvalue weighted by atomic mass is 16.3. The smallest absolute Gasteiger partial charge is 0.167 e. The van der Waals surface area contributed by atoms with Crippen molar-refractivity contribution in [3.05, 3.63) is 231 Å². The molecule has 0 atom stereocenters. The first-order valence-corrected chi connectivity index (χ1v) is 23.2. The number of furan rings is 2. The van der Waals surface area contributed by atoms with Crippen LogP contribution in [0.4, 0.5) is 0 Å². The normalized spacial score (nSPS) is 11.8. The van der Waals surface area contributed by atoms with Gasteiger partial charge in [0.15, 0.2) is 17.5 Å². The number of fused-ring (bicyclic) bond motifs is 9. The summed E-state index contributed by atoms with van der Waals surface area (Å²) in [6.07, 6.45) is 0. The van der Waals surface area contributed by atoms with E-state index in [2.05, 4.69) is 162 Å². The number of hydrogen-bond acceptors (Lipinski definition) is 5. The van der Waals surface area contributed by atoms with E-state index in [4.69, 9.17) is 23.8 Å². The molecule has 14 aromatic rings. The van der Waals surface area contributed by atoms with Crippen LogP contribution in [0.1, 0.15) is 0 Å². The maximum Gasteiger partial charge on any atom is 0.167 e. The van der Waals surface area contributed by atoms with Gasteiger partial charge in [-0.25, -0.2) is 15.0 Å². The van der Waals surface area contributed by atoms with Crippen molar-refractivity contribution in [3.63, 3.8) is 0 Å². The Morgan fingerprint density at radius 3 is 1.57 bits per heavy atom. The summed E-state index contributed by atoms with van der Waals surface area (Å²) in [7, 11) is 0. The zero-order chi connectivity index (χ0) is 45.4. The average molecular weight is 883 g/mol. The van der Waals surface area contributed by atoms with E-state index in [1.807, 2.05) is 72.8 Å². The molecule has 0 aliphatic rings. The SMILES string of the molecule is c1ccc(-c2nc(-c3cccc4c3oc3ccccc34)nc(-c3cccc4oc5ccc(-c6cccc(-c7cccc(-c8ccc9c(c8)c8ccccc8n9-c8ccccc8)c7)c6)cc5c34)n2)cc1. The lowest BCUT2D eigenvalue weighted by Crippen LogP contribution is -2.00. The lowest BCUT2D eigenvalue weighted by molar-refractivity contribution is 0.668. The lowest BCUT2D eigenvalue weighted by Gasteiger charge is -2.10. The molecule has 0 amide bonds. The molecule has 14 rings (SSSR count). The monoisotopic (exact) mass is 882 g/mol. The van der Waals surface area contributed by atoms with Crippen molar-refractivity contribution in [1.29, 1.82) is 0 Å². The van der Waals surface area contributed by atoms with E-state index in [9.17, 15) is 0 Å². The fraction of sp³-hybridized carbons (Fsp3) is 0. The fourth-order valence-corrected chi connectivity index (χ4v) is 10.2. The van der Waals surface area contributed by atoms with Gasteiger partial charge in [-0.1, -0.05) is 158 Å². The van der Waals surface area contributed by atoms with Crippen molar-refractivity contribution in [2.24, 2.45) is 0 Å². The fourth-order valence-electron chi connectivity index (χ4n) is 10.2. The van der Waals surface area contributed by atoms with Crippen molar-refractivity contribution >= 4 is 65.7 Å². The number of nitrogens with zero attached hydrogens (tertiary/aromatic N) is 4. The van der Waals surface area contributed by atoms with Gasteiger partial charge in [0.25, 0.3) is 0 Å². The Morgan fingerprint density at radius 1 is 0.290 bits per heavy atom. The van der Waals surface area contributed by atoms with E-state index in [-0.39, 0.29) is 0 Å². The lowest BCUT2D eigenvalue weighted by atomic mass is 9.95. The summed E-state index contributed by atoms with van der Waals surface area (Å²) < 4.78 is 15.4. The largest absolute Gasteiger partial charge is 0.456 e. The Hall–Kier alpha value is -9.39. The Bertz CT molecular complexity index is 4320. The van der Waals surface area contributed by atoms with Crippen LogP contribution in [0.3, 0.4) is 0 Å². The summed E-state index contributed by atoms with van der Waals surface area (Å²) >= 11 is 0. The molecule has 0 aliphatic carbocycles. The predicted molar refractivity (Wildman–Crippen MR) is 281 cm³/mol. The molecule has 0 unspecified atom stereocenters. The van der Waals surface area contributed by atoms with Gasteiger partial charge in [-0.3, -0.25) is 0 Å². The second-order valence-corrected chi connectivity index (χ2v) is 17.5. The highest BCUT2D eigenvalue weighted by Crippen LogP contribution is 2.41. The second kappa shape index (κ2) is 15.6. The number of rotatable bonds is 7. The van der Waals surface area contributed by atoms with E-state index in [1.54, 1.807) is 0 Å². The van der Waals surface area contributed by atoms with Gasteiger partial charge in [0, 0.05) is 49.1 Å². The molecular formula is C63H38N4O2. The molecular weight excluding hydrogens is 845 g/mol. The standard InChI is InChI=1S/C63H38N4O2/c1-3-15-39(16-4-1)61-64-62(66-63(65-61)51-27-13-25-49-48-24-8-10-29-56(48)69-60(49)51)50-26-14-30-58-59(50)53-38-45(32-34-57(53)68-58)43-20-12-18-41(36-43)40-17-11-19-42(35-40)44-31-33-55-52(37-44)47-23-7-9-28-54(47)67(55)46-21-5-2-6-22-46/h1-38H. The van der Waals surface area contributed by atoms with Gasteiger partial charge in [0.1, 0.15) is 22.3 Å². The molecule has 6 nitrogen and oxygen atoms in total. The van der Waals surface area contributed by atoms with Gasteiger partial charge < -0.3 is 13.4 Å². The third-order valence-corrected chi connectivity index (χ3v) is 13.5. The zero-order valence-corrected chi connectivity index (χ0v) is 37.0. The van der Waals surface area contributed by atoms with Crippen LogP contribution in [0.2, 0.25) is 0 Å². The van der Waals surface area contributed by atoms with Crippen molar-refractivity contribution in [2.75, 3.05) is 0 Å². The summed E-state index contributed by atoms with van der Waals surface area (Å²) in [5.74, 6) is 1.66. The molecule has 6 heteroatoms. The molecule has 0 N–H and O–H groups in total. The quantitative estimate of drug-likeness (QED) is 0.159. The zero-order valence-electron chi connectivity index (χ0n) is 37.0. The Morgan fingerprint density at radius 2 is 0.797 bits per heavy atom. The van der Waals surface area contributed by atoms with Gasteiger partial charge >= 0.3 is 0 Å². The first kappa shape index (κ1) is 38.8. The van der Waals surface area contributed by atoms with E-state index in [0.29, 0.717) is 17.5 Å². The summed E-state index contributed by atoms with van der Waals surface area (Å²) in [5, 5.41) is 6.47. The molecule has 0 saturated heterocycles. The predicted octanol–water partition coefficient (Wildman–Crippen LogP) is 16.8. The topological polar surface area (TPSA) is 69.9 Å². The third kappa shape index (κ3) is 6.45. The van der Waals surface area contributed by atoms with Gasteiger partial charge in [-0.05, 0) is 106 Å². The number of benzene rings is 10. The van der Waals surface area contributed by atoms with E-state index >= 15 is 0 Å². The van der Waals surface area contributed by atoms with Crippen molar-refractivity contribution in [1.82, 2.24) is 19.5 Å². The molecule has 10 aromatic carbocycles. The minimum absolute atomic E-state index is 0.533. The molecule has 0 spiro atoms. The van der Waals surface area contributed by atoms with Crippen LogP contribution < -0.4 is 0 Å². The number of hydrogen-bond donors (Lipinski definition) is 0. The molecule has 0 fully saturated rings. The summed E-state index contributed by atoms with van der Waals surface area (Å²) in [4.78, 5) is 15.5. The molecule has 322 valence electrons. The number of aromatic nitrogens is 4. The summed E-state index contributed by atoms with van der Waals surface area (Å²) in [6.45, 7) is 0. The van der Waals surface area contributed by atoms with Crippen molar-refractivity contribution in [3.8, 4) is 73.2 Å². The molecule has 0 radical (unpaired) electrons. The molecule has 69 heavy (non-hydrogen) atoms. The number of para-hydroxylation sites is 4. The minimum Gasteiger partial charge on any atom is -0.456 e. The van der Waals surface area contributed by atoms with Crippen LogP contribution >= 0.6 is 0 Å². The Kier molecular flexibility index (Phi) is 8.79. The minimum atomic E-state index is 0.533. The van der Waals surface area contributed by atoms with Gasteiger partial charge in [0.05, 0.1) is 16.6 Å². The van der Waals surface area contributed by atoms with Crippen LogP contribution in [0.25, 0.3) is 139 Å². The molecule has 0 bridgehead atoms. The highest BCUT2D eigenvalue weighted by molar-refractivity contribution is 6.14. The second-order valence-electron chi connectivity index (χ2n) is 17.5. The van der Waals surface area contributed by atoms with Crippen LogP contribution in [0.15, 0.2) is 239 Å². The van der Waals surface area contributed by atoms with Crippen molar-refractivity contribution in [2.45, 2.75) is 0 Å². The molecule has 0 aliphatic heterocycles. The first-order valence-electron chi connectivity index (χ1n) is 23.2. The van der Waals surface area contributed by atoms with E-state index in [0.717, 1.165) is 88.5 Å².